The number of ketones is 1. The first kappa shape index (κ1) is 32.3. The van der Waals surface area contributed by atoms with Gasteiger partial charge in [-0.1, -0.05) is 30.3 Å². The standard InChI is InChI=1S/C38H36N2O8/c1-3-46-32-20-28(21-33(47-4-2)34(32)23-8-10-24(11-9-23)37(44)45)36(43)40-16-14-38(15-17-40)22-30(41)29-19-26(12-13-31(29)48-38)25-6-5-7-27(18-25)35(39)42/h5-13,18-21H,3-4,14-17,22H2,1-2H3,(H2,39,42)(H,44,45). The Morgan fingerprint density at radius 3 is 2.04 bits per heavy atom. The van der Waals surface area contributed by atoms with E-state index in [1.165, 1.54) is 12.1 Å². The number of carboxylic acids is 1. The predicted molar refractivity (Wildman–Crippen MR) is 179 cm³/mol. The summed E-state index contributed by atoms with van der Waals surface area (Å²) < 4.78 is 18.5. The molecule has 0 radical (unpaired) electrons. The monoisotopic (exact) mass is 648 g/mol. The third-order valence-electron chi connectivity index (χ3n) is 8.86. The van der Waals surface area contributed by atoms with E-state index in [0.29, 0.717) is 84.2 Å². The topological polar surface area (TPSA) is 145 Å². The molecule has 10 heteroatoms. The fraction of sp³-hybridized carbons (Fsp3) is 0.263. The zero-order valence-electron chi connectivity index (χ0n) is 26.8. The molecule has 0 aromatic heterocycles. The van der Waals surface area contributed by atoms with Gasteiger partial charge in [-0.3, -0.25) is 14.4 Å². The van der Waals surface area contributed by atoms with Crippen LogP contribution in [0.5, 0.6) is 17.2 Å². The van der Waals surface area contributed by atoms with Crippen LogP contribution in [0.1, 0.15) is 74.5 Å². The van der Waals surface area contributed by atoms with Crippen LogP contribution >= 0.6 is 0 Å². The number of hydrogen-bond donors (Lipinski definition) is 2. The van der Waals surface area contributed by atoms with Gasteiger partial charge in [0.2, 0.25) is 5.91 Å². The molecule has 0 atom stereocenters. The molecule has 2 aliphatic rings. The van der Waals surface area contributed by atoms with E-state index in [1.807, 2.05) is 26.0 Å². The van der Waals surface area contributed by atoms with Crippen molar-refractivity contribution in [2.75, 3.05) is 26.3 Å². The second-order valence-corrected chi connectivity index (χ2v) is 11.9. The molecule has 1 fully saturated rings. The average Bonchev–Trinajstić information content (AvgIpc) is 3.08. The lowest BCUT2D eigenvalue weighted by Gasteiger charge is -2.44. The Hall–Kier alpha value is -5.64. The molecule has 2 amide bonds. The van der Waals surface area contributed by atoms with E-state index in [-0.39, 0.29) is 23.7 Å². The van der Waals surface area contributed by atoms with Crippen molar-refractivity contribution in [1.29, 1.82) is 0 Å². The highest BCUT2D eigenvalue weighted by Gasteiger charge is 2.44. The number of carbonyl (C=O) groups excluding carboxylic acids is 3. The Morgan fingerprint density at radius 1 is 0.812 bits per heavy atom. The second-order valence-electron chi connectivity index (χ2n) is 11.9. The number of carboxylic acid groups (broad SMARTS) is 1. The lowest BCUT2D eigenvalue weighted by atomic mass is 9.81. The van der Waals surface area contributed by atoms with Crippen molar-refractivity contribution in [3.63, 3.8) is 0 Å². The molecule has 246 valence electrons. The number of aromatic carboxylic acids is 1. The number of fused-ring (bicyclic) bond motifs is 1. The minimum atomic E-state index is -1.02. The molecule has 48 heavy (non-hydrogen) atoms. The van der Waals surface area contributed by atoms with Gasteiger partial charge in [-0.15, -0.1) is 0 Å². The van der Waals surface area contributed by atoms with E-state index >= 15 is 0 Å². The van der Waals surface area contributed by atoms with Crippen LogP contribution in [0.15, 0.2) is 78.9 Å². The van der Waals surface area contributed by atoms with Gasteiger partial charge in [0.15, 0.2) is 5.78 Å². The molecule has 4 aromatic rings. The van der Waals surface area contributed by atoms with Gasteiger partial charge in [0.25, 0.3) is 5.91 Å². The highest BCUT2D eigenvalue weighted by molar-refractivity contribution is 6.02. The summed E-state index contributed by atoms with van der Waals surface area (Å²) in [4.78, 5) is 52.1. The maximum absolute atomic E-state index is 13.9. The quantitative estimate of drug-likeness (QED) is 0.217. The number of nitrogens with zero attached hydrogens (tertiary/aromatic N) is 1. The van der Waals surface area contributed by atoms with E-state index in [2.05, 4.69) is 0 Å². The first-order valence-electron chi connectivity index (χ1n) is 15.9. The first-order valence-corrected chi connectivity index (χ1v) is 15.9. The lowest BCUT2D eigenvalue weighted by Crippen LogP contribution is -2.52. The smallest absolute Gasteiger partial charge is 0.335 e. The molecule has 2 aliphatic heterocycles. The molecule has 10 nitrogen and oxygen atoms in total. The Morgan fingerprint density at radius 2 is 1.44 bits per heavy atom. The van der Waals surface area contributed by atoms with E-state index in [0.717, 1.165) is 11.1 Å². The van der Waals surface area contributed by atoms with E-state index in [9.17, 15) is 24.3 Å². The fourth-order valence-corrected chi connectivity index (χ4v) is 6.42. The summed E-state index contributed by atoms with van der Waals surface area (Å²) in [5.41, 5.74) is 9.08. The summed E-state index contributed by atoms with van der Waals surface area (Å²) in [6, 6.07) is 22.2. The summed E-state index contributed by atoms with van der Waals surface area (Å²) >= 11 is 0. The fourth-order valence-electron chi connectivity index (χ4n) is 6.42. The van der Waals surface area contributed by atoms with E-state index in [1.54, 1.807) is 59.5 Å². The predicted octanol–water partition coefficient (Wildman–Crippen LogP) is 6.26. The lowest BCUT2D eigenvalue weighted by molar-refractivity contribution is -0.00574. The number of likely N-dealkylation sites (tertiary alicyclic amines) is 1. The Labute approximate surface area is 278 Å². The summed E-state index contributed by atoms with van der Waals surface area (Å²) in [5, 5.41) is 9.33. The molecule has 1 spiro atoms. The molecule has 4 aromatic carbocycles. The van der Waals surface area contributed by atoms with Gasteiger partial charge in [-0.2, -0.15) is 0 Å². The second kappa shape index (κ2) is 13.2. The van der Waals surface area contributed by atoms with Crippen molar-refractivity contribution in [3.8, 4) is 39.5 Å². The maximum atomic E-state index is 13.9. The third-order valence-corrected chi connectivity index (χ3v) is 8.86. The van der Waals surface area contributed by atoms with Crippen molar-refractivity contribution >= 4 is 23.6 Å². The maximum Gasteiger partial charge on any atom is 0.335 e. The summed E-state index contributed by atoms with van der Waals surface area (Å²) in [5.74, 6) is -0.332. The molecule has 0 saturated carbocycles. The van der Waals surface area contributed by atoms with Crippen molar-refractivity contribution in [2.45, 2.75) is 38.7 Å². The number of piperidine rings is 1. The van der Waals surface area contributed by atoms with Crippen LogP contribution in [-0.4, -0.2) is 65.5 Å². The van der Waals surface area contributed by atoms with Crippen molar-refractivity contribution in [2.24, 2.45) is 5.73 Å². The van der Waals surface area contributed by atoms with Gasteiger partial charge in [0.05, 0.1) is 36.3 Å². The van der Waals surface area contributed by atoms with Crippen LogP contribution in [0.2, 0.25) is 0 Å². The Kier molecular flexibility index (Phi) is 8.90. The minimum absolute atomic E-state index is 0.0291. The molecular formula is C38H36N2O8. The van der Waals surface area contributed by atoms with Crippen LogP contribution in [0.3, 0.4) is 0 Å². The van der Waals surface area contributed by atoms with Gasteiger partial charge < -0.3 is 30.0 Å². The average molecular weight is 649 g/mol. The number of benzene rings is 4. The van der Waals surface area contributed by atoms with Crippen LogP contribution in [0, 0.1) is 0 Å². The van der Waals surface area contributed by atoms with E-state index < -0.39 is 17.5 Å². The summed E-state index contributed by atoms with van der Waals surface area (Å²) in [7, 11) is 0. The number of Topliss-reactive ketones (excluding diaryl/α,β-unsaturated/α-hetero) is 1. The highest BCUT2D eigenvalue weighted by Crippen LogP contribution is 2.43. The molecule has 1 saturated heterocycles. The number of nitrogens with two attached hydrogens (primary N) is 1. The highest BCUT2D eigenvalue weighted by atomic mass is 16.5. The van der Waals surface area contributed by atoms with Crippen molar-refractivity contribution < 1.29 is 38.5 Å². The number of carbonyl (C=O) groups is 4. The number of amides is 2. The molecule has 0 unspecified atom stereocenters. The first-order chi connectivity index (χ1) is 23.1. The SMILES string of the molecule is CCOc1cc(C(=O)N2CCC3(CC2)CC(=O)c2cc(-c4cccc(C(N)=O)c4)ccc2O3)cc(OCC)c1-c1ccc(C(=O)O)cc1. The third kappa shape index (κ3) is 6.33. The van der Waals surface area contributed by atoms with Gasteiger partial charge in [0, 0.05) is 37.1 Å². The zero-order chi connectivity index (χ0) is 34.0. The molecule has 0 bridgehead atoms. The Bertz CT molecular complexity index is 1880. The Balaban J connectivity index is 1.20. The van der Waals surface area contributed by atoms with Crippen LogP contribution in [-0.2, 0) is 0 Å². The van der Waals surface area contributed by atoms with Gasteiger partial charge >= 0.3 is 5.97 Å². The van der Waals surface area contributed by atoms with Crippen molar-refractivity contribution in [3.05, 3.63) is 101 Å². The van der Waals surface area contributed by atoms with Crippen LogP contribution in [0.25, 0.3) is 22.3 Å². The number of primary amides is 1. The summed E-state index contributed by atoms with van der Waals surface area (Å²) in [6.45, 7) is 5.19. The van der Waals surface area contributed by atoms with Gasteiger partial charge in [0.1, 0.15) is 22.8 Å². The molecule has 3 N–H and O–H groups in total. The zero-order valence-corrected chi connectivity index (χ0v) is 26.8. The molecule has 6 rings (SSSR count). The number of ether oxygens (including phenoxy) is 3. The molecular weight excluding hydrogens is 612 g/mol. The van der Waals surface area contributed by atoms with Gasteiger partial charge in [-0.25, -0.2) is 4.79 Å². The molecule has 2 heterocycles. The largest absolute Gasteiger partial charge is 0.493 e. The number of rotatable bonds is 9. The molecule has 0 aliphatic carbocycles. The van der Waals surface area contributed by atoms with Crippen LogP contribution in [0.4, 0.5) is 0 Å². The van der Waals surface area contributed by atoms with E-state index in [4.69, 9.17) is 19.9 Å². The number of hydrogen-bond acceptors (Lipinski definition) is 7. The van der Waals surface area contributed by atoms with Gasteiger partial charge in [-0.05, 0) is 79.1 Å². The normalized spacial score (nSPS) is 15.0. The van der Waals surface area contributed by atoms with Crippen molar-refractivity contribution in [1.82, 2.24) is 4.90 Å². The van der Waals surface area contributed by atoms with Crippen LogP contribution < -0.4 is 19.9 Å². The summed E-state index contributed by atoms with van der Waals surface area (Å²) in [6.07, 6.45) is 1.17. The minimum Gasteiger partial charge on any atom is -0.493 e.